The quantitative estimate of drug-likeness (QED) is 0.593. The Balaban J connectivity index is 4.03. The molecule has 0 unspecified atom stereocenters. The van der Waals surface area contributed by atoms with Gasteiger partial charge < -0.3 is 10.2 Å². The molecule has 0 bridgehead atoms. The number of hydrogen-bond donors (Lipinski definition) is 2. The van der Waals surface area contributed by atoms with Gasteiger partial charge in [-0.25, -0.2) is 4.57 Å². The van der Waals surface area contributed by atoms with Crippen molar-refractivity contribution in [2.24, 2.45) is 5.41 Å². The van der Waals surface area contributed by atoms with Crippen LogP contribution in [0.25, 0.3) is 0 Å². The zero-order valence-electron chi connectivity index (χ0n) is 7.19. The second-order valence-electron chi connectivity index (χ2n) is 2.91. The van der Waals surface area contributed by atoms with Crippen molar-refractivity contribution >= 4 is 8.69 Å². The van der Waals surface area contributed by atoms with E-state index in [4.69, 9.17) is 10.2 Å². The maximum atomic E-state index is 10.00. The topological polar surface area (TPSA) is 66.8 Å². The molecule has 0 rings (SSSR count). The van der Waals surface area contributed by atoms with Crippen LogP contribution in [-0.2, 0) is 9.09 Å². The predicted octanol–water partition coefficient (Wildman–Crippen LogP) is 0.981. The van der Waals surface area contributed by atoms with Crippen LogP contribution in [0.2, 0.25) is 0 Å². The Labute approximate surface area is 73.8 Å². The largest absolute Gasteiger partial charge is 0.396 e. The highest BCUT2D eigenvalue weighted by Gasteiger charge is 2.28. The summed E-state index contributed by atoms with van der Waals surface area (Å²) in [7, 11) is -0.409. The molecular formula is C7H15O4P. The minimum absolute atomic E-state index is 0.124. The Morgan fingerprint density at radius 2 is 2.00 bits per heavy atom. The molecule has 0 aromatic rings. The van der Waals surface area contributed by atoms with E-state index in [0.29, 0.717) is 6.42 Å². The van der Waals surface area contributed by atoms with Crippen molar-refractivity contribution in [2.75, 3.05) is 19.8 Å². The predicted molar refractivity (Wildman–Crippen MR) is 45.1 cm³/mol. The highest BCUT2D eigenvalue weighted by Crippen LogP contribution is 2.24. The first kappa shape index (κ1) is 12.0. The molecule has 0 atom stereocenters. The van der Waals surface area contributed by atoms with Crippen LogP contribution in [-0.4, -0.2) is 30.0 Å². The molecule has 0 saturated heterocycles. The minimum Gasteiger partial charge on any atom is -0.396 e. The summed E-state index contributed by atoms with van der Waals surface area (Å²) in [5.41, 5.74) is -0.633. The number of aliphatic hydroxyl groups is 2. The van der Waals surface area contributed by atoms with Crippen molar-refractivity contribution < 1.29 is 19.3 Å². The lowest BCUT2D eigenvalue weighted by atomic mass is 9.86. The van der Waals surface area contributed by atoms with Crippen molar-refractivity contribution in [1.82, 2.24) is 0 Å². The molecule has 0 aliphatic rings. The maximum Gasteiger partial charge on any atom is 0.327 e. The molecule has 0 saturated carbocycles. The first-order valence-corrected chi connectivity index (χ1v) is 4.64. The normalized spacial score (nSPS) is 12.2. The Kier molecular flexibility index (Phi) is 6.48. The van der Waals surface area contributed by atoms with Crippen molar-refractivity contribution in [1.29, 1.82) is 0 Å². The Hall–Kier alpha value is -0.0200. The van der Waals surface area contributed by atoms with Gasteiger partial charge in [0.05, 0.1) is 19.8 Å². The first-order valence-electron chi connectivity index (χ1n) is 3.91. The van der Waals surface area contributed by atoms with Crippen molar-refractivity contribution in [2.45, 2.75) is 19.8 Å². The Morgan fingerprint density at radius 3 is 2.33 bits per heavy atom. The SMILES string of the molecule is CCCC(CO)(CO)COP=O. The fourth-order valence-electron chi connectivity index (χ4n) is 1.07. The van der Waals surface area contributed by atoms with E-state index in [1.165, 1.54) is 0 Å². The van der Waals surface area contributed by atoms with Gasteiger partial charge in [0, 0.05) is 5.41 Å². The molecular weight excluding hydrogens is 179 g/mol. The lowest BCUT2D eigenvalue weighted by Crippen LogP contribution is -2.33. The van der Waals surface area contributed by atoms with Crippen molar-refractivity contribution in [3.8, 4) is 0 Å². The molecule has 0 heterocycles. The summed E-state index contributed by atoms with van der Waals surface area (Å²) in [6.07, 6.45) is 1.51. The number of aliphatic hydroxyl groups excluding tert-OH is 2. The molecule has 0 aliphatic heterocycles. The molecule has 12 heavy (non-hydrogen) atoms. The average Bonchev–Trinajstić information content (AvgIpc) is 2.13. The Morgan fingerprint density at radius 1 is 1.42 bits per heavy atom. The van der Waals surface area contributed by atoms with Crippen molar-refractivity contribution in [3.05, 3.63) is 0 Å². The van der Waals surface area contributed by atoms with Gasteiger partial charge in [0.15, 0.2) is 0 Å². The molecule has 0 aromatic carbocycles. The van der Waals surface area contributed by atoms with Crippen LogP contribution in [0.15, 0.2) is 0 Å². The van der Waals surface area contributed by atoms with Gasteiger partial charge in [0.1, 0.15) is 0 Å². The third kappa shape index (κ3) is 3.59. The highest BCUT2D eigenvalue weighted by molar-refractivity contribution is 7.17. The Bertz CT molecular complexity index is 125. The number of hydrogen-bond acceptors (Lipinski definition) is 4. The van der Waals surface area contributed by atoms with E-state index in [1.807, 2.05) is 6.92 Å². The number of rotatable bonds is 7. The summed E-state index contributed by atoms with van der Waals surface area (Å²) in [5.74, 6) is 0. The fourth-order valence-corrected chi connectivity index (χ4v) is 1.39. The maximum absolute atomic E-state index is 10.00. The van der Waals surface area contributed by atoms with Gasteiger partial charge in [-0.3, -0.25) is 4.52 Å². The van der Waals surface area contributed by atoms with E-state index in [9.17, 15) is 4.57 Å². The van der Waals surface area contributed by atoms with E-state index in [1.54, 1.807) is 0 Å². The van der Waals surface area contributed by atoms with E-state index in [2.05, 4.69) is 4.52 Å². The summed E-state index contributed by atoms with van der Waals surface area (Å²) in [4.78, 5) is 0. The molecule has 0 spiro atoms. The molecule has 72 valence electrons. The molecule has 0 aromatic heterocycles. The first-order chi connectivity index (χ1) is 5.74. The molecule has 0 radical (unpaired) electrons. The standard InChI is InChI=1S/C7H15O4P/c1-2-3-7(4-8,5-9)6-11-12-10/h8-9H,2-6H2,1H3. The van der Waals surface area contributed by atoms with Crippen LogP contribution < -0.4 is 0 Å². The molecule has 0 amide bonds. The van der Waals surface area contributed by atoms with Gasteiger partial charge in [-0.05, 0) is 6.42 Å². The van der Waals surface area contributed by atoms with Crippen LogP contribution in [0.1, 0.15) is 19.8 Å². The molecule has 4 nitrogen and oxygen atoms in total. The monoisotopic (exact) mass is 194 g/mol. The van der Waals surface area contributed by atoms with E-state index < -0.39 is 14.1 Å². The summed E-state index contributed by atoms with van der Waals surface area (Å²) in [6.45, 7) is 1.79. The summed E-state index contributed by atoms with van der Waals surface area (Å²) in [6, 6.07) is 0. The minimum atomic E-state index is -0.633. The highest BCUT2D eigenvalue weighted by atomic mass is 31.1. The van der Waals surface area contributed by atoms with E-state index in [-0.39, 0.29) is 19.8 Å². The van der Waals surface area contributed by atoms with Crippen LogP contribution in [0.5, 0.6) is 0 Å². The van der Waals surface area contributed by atoms with Crippen molar-refractivity contribution in [3.63, 3.8) is 0 Å². The second kappa shape index (κ2) is 6.49. The summed E-state index contributed by atoms with van der Waals surface area (Å²) >= 11 is 0. The third-order valence-electron chi connectivity index (χ3n) is 1.87. The second-order valence-corrected chi connectivity index (χ2v) is 3.32. The van der Waals surface area contributed by atoms with Gasteiger partial charge in [-0.15, -0.1) is 0 Å². The smallest absolute Gasteiger partial charge is 0.327 e. The van der Waals surface area contributed by atoms with Gasteiger partial charge in [-0.2, -0.15) is 0 Å². The summed E-state index contributed by atoms with van der Waals surface area (Å²) in [5, 5.41) is 18.0. The van der Waals surface area contributed by atoms with E-state index >= 15 is 0 Å². The zero-order chi connectivity index (χ0) is 9.45. The molecule has 0 fully saturated rings. The molecule has 2 N–H and O–H groups in total. The molecule has 5 heteroatoms. The lowest BCUT2D eigenvalue weighted by Gasteiger charge is -2.27. The lowest BCUT2D eigenvalue weighted by molar-refractivity contribution is 0.0109. The van der Waals surface area contributed by atoms with Gasteiger partial charge in [0.25, 0.3) is 0 Å². The molecule has 0 aliphatic carbocycles. The van der Waals surface area contributed by atoms with Gasteiger partial charge in [-0.1, -0.05) is 13.3 Å². The van der Waals surface area contributed by atoms with E-state index in [0.717, 1.165) is 6.42 Å². The summed E-state index contributed by atoms with van der Waals surface area (Å²) < 4.78 is 14.6. The van der Waals surface area contributed by atoms with Crippen LogP contribution in [0.3, 0.4) is 0 Å². The average molecular weight is 194 g/mol. The zero-order valence-corrected chi connectivity index (χ0v) is 8.09. The third-order valence-corrected chi connectivity index (χ3v) is 2.11. The van der Waals surface area contributed by atoms with Gasteiger partial charge in [0.2, 0.25) is 0 Å². The fraction of sp³-hybridized carbons (Fsp3) is 1.00. The van der Waals surface area contributed by atoms with Crippen LogP contribution >= 0.6 is 8.69 Å². The van der Waals surface area contributed by atoms with Crippen LogP contribution in [0.4, 0.5) is 0 Å². The van der Waals surface area contributed by atoms with Gasteiger partial charge >= 0.3 is 8.69 Å². The van der Waals surface area contributed by atoms with Crippen LogP contribution in [0, 0.1) is 5.41 Å².